The molecule has 4 nitrogen and oxygen atoms in total. The maximum atomic E-state index is 12.6. The highest BCUT2D eigenvalue weighted by Gasteiger charge is 2.50. The summed E-state index contributed by atoms with van der Waals surface area (Å²) >= 11 is 1.81. The Balaban J connectivity index is 2.10. The molecule has 2 aliphatic rings. The third kappa shape index (κ3) is 2.37. The molecular formula is C13H22N2O2S. The number of thioether (sulfide) groups is 1. The van der Waals surface area contributed by atoms with E-state index in [-0.39, 0.29) is 17.9 Å². The Bertz CT molecular complexity index is 340. The standard InChI is InChI=1S/C13H22N2O2S/c1-3-18-9-8-15-10(2)11(16)14-13(12(15)17)6-4-5-7-13/h10H,3-9H2,1-2H3,(H,14,16). The highest BCUT2D eigenvalue weighted by Crippen LogP contribution is 2.34. The van der Waals surface area contributed by atoms with Gasteiger partial charge in [-0.05, 0) is 25.5 Å². The summed E-state index contributed by atoms with van der Waals surface area (Å²) in [5.74, 6) is 2.12. The lowest BCUT2D eigenvalue weighted by molar-refractivity contribution is -0.153. The fourth-order valence-corrected chi connectivity index (χ4v) is 3.52. The van der Waals surface area contributed by atoms with Gasteiger partial charge in [0.2, 0.25) is 11.8 Å². The molecule has 1 spiro atoms. The lowest BCUT2D eigenvalue weighted by atomic mass is 9.91. The molecule has 18 heavy (non-hydrogen) atoms. The van der Waals surface area contributed by atoms with E-state index in [1.54, 1.807) is 4.90 Å². The smallest absolute Gasteiger partial charge is 0.249 e. The maximum absolute atomic E-state index is 12.6. The van der Waals surface area contributed by atoms with Crippen LogP contribution in [0.5, 0.6) is 0 Å². The van der Waals surface area contributed by atoms with Crippen molar-refractivity contribution in [2.75, 3.05) is 18.1 Å². The van der Waals surface area contributed by atoms with Gasteiger partial charge in [-0.3, -0.25) is 9.59 Å². The van der Waals surface area contributed by atoms with Crippen LogP contribution in [0.2, 0.25) is 0 Å². The van der Waals surface area contributed by atoms with Crippen molar-refractivity contribution in [3.63, 3.8) is 0 Å². The van der Waals surface area contributed by atoms with Gasteiger partial charge in [0.15, 0.2) is 0 Å². The van der Waals surface area contributed by atoms with Crippen molar-refractivity contribution in [3.8, 4) is 0 Å². The van der Waals surface area contributed by atoms with E-state index in [0.29, 0.717) is 6.54 Å². The van der Waals surface area contributed by atoms with Crippen LogP contribution in [-0.4, -0.2) is 46.3 Å². The molecule has 1 N–H and O–H groups in total. The Morgan fingerprint density at radius 3 is 2.67 bits per heavy atom. The molecule has 0 aromatic carbocycles. The van der Waals surface area contributed by atoms with Gasteiger partial charge in [-0.25, -0.2) is 0 Å². The van der Waals surface area contributed by atoms with Crippen molar-refractivity contribution < 1.29 is 9.59 Å². The zero-order valence-corrected chi connectivity index (χ0v) is 12.0. The molecule has 102 valence electrons. The molecule has 1 aliphatic heterocycles. The SMILES string of the molecule is CCSCCN1C(=O)C2(CCCC2)NC(=O)C1C. The lowest BCUT2D eigenvalue weighted by Crippen LogP contribution is -2.69. The van der Waals surface area contributed by atoms with Crippen LogP contribution in [0, 0.1) is 0 Å². The fourth-order valence-electron chi connectivity index (χ4n) is 2.91. The van der Waals surface area contributed by atoms with Crippen LogP contribution in [0.25, 0.3) is 0 Å². The van der Waals surface area contributed by atoms with Crippen molar-refractivity contribution in [2.45, 2.75) is 51.1 Å². The van der Waals surface area contributed by atoms with Gasteiger partial charge in [0, 0.05) is 12.3 Å². The monoisotopic (exact) mass is 270 g/mol. The molecule has 2 fully saturated rings. The Morgan fingerprint density at radius 2 is 2.06 bits per heavy atom. The third-order valence-corrected chi connectivity index (χ3v) is 4.90. The summed E-state index contributed by atoms with van der Waals surface area (Å²) in [6.07, 6.45) is 3.69. The summed E-state index contributed by atoms with van der Waals surface area (Å²) < 4.78 is 0. The van der Waals surface area contributed by atoms with Gasteiger partial charge in [0.1, 0.15) is 11.6 Å². The fraction of sp³-hybridized carbons (Fsp3) is 0.846. The van der Waals surface area contributed by atoms with Crippen molar-refractivity contribution in [1.29, 1.82) is 0 Å². The van der Waals surface area contributed by atoms with E-state index in [1.807, 2.05) is 18.7 Å². The average molecular weight is 270 g/mol. The number of hydrogen-bond donors (Lipinski definition) is 1. The number of nitrogens with zero attached hydrogens (tertiary/aromatic N) is 1. The van der Waals surface area contributed by atoms with Crippen molar-refractivity contribution in [1.82, 2.24) is 10.2 Å². The normalized spacial score (nSPS) is 26.8. The summed E-state index contributed by atoms with van der Waals surface area (Å²) in [7, 11) is 0. The molecule has 2 rings (SSSR count). The van der Waals surface area contributed by atoms with E-state index in [1.165, 1.54) is 0 Å². The Kier molecular flexibility index (Phi) is 4.20. The second-order valence-corrected chi connectivity index (χ2v) is 6.54. The molecule has 5 heteroatoms. The van der Waals surface area contributed by atoms with Gasteiger partial charge in [-0.15, -0.1) is 0 Å². The van der Waals surface area contributed by atoms with E-state index < -0.39 is 5.54 Å². The first kappa shape index (κ1) is 13.7. The van der Waals surface area contributed by atoms with Crippen molar-refractivity contribution >= 4 is 23.6 Å². The molecule has 0 radical (unpaired) electrons. The molecule has 0 aromatic rings. The molecule has 1 unspecified atom stereocenters. The molecule has 0 bridgehead atoms. The molecule has 2 amide bonds. The average Bonchev–Trinajstić information content (AvgIpc) is 2.81. The predicted molar refractivity (Wildman–Crippen MR) is 73.5 cm³/mol. The second kappa shape index (κ2) is 5.51. The molecule has 1 aliphatic carbocycles. The highest BCUT2D eigenvalue weighted by molar-refractivity contribution is 7.99. The summed E-state index contributed by atoms with van der Waals surface area (Å²) in [4.78, 5) is 26.4. The minimum Gasteiger partial charge on any atom is -0.340 e. The Hall–Kier alpha value is -0.710. The van der Waals surface area contributed by atoms with Crippen LogP contribution >= 0.6 is 11.8 Å². The summed E-state index contributed by atoms with van der Waals surface area (Å²) in [5, 5.41) is 2.97. The van der Waals surface area contributed by atoms with Crippen molar-refractivity contribution in [2.24, 2.45) is 0 Å². The summed E-state index contributed by atoms with van der Waals surface area (Å²) in [6.45, 7) is 4.62. The van der Waals surface area contributed by atoms with Crippen LogP contribution in [0.1, 0.15) is 39.5 Å². The number of hydrogen-bond acceptors (Lipinski definition) is 3. The van der Waals surface area contributed by atoms with Crippen LogP contribution in [0.15, 0.2) is 0 Å². The van der Waals surface area contributed by atoms with E-state index in [2.05, 4.69) is 12.2 Å². The minimum absolute atomic E-state index is 0.0120. The van der Waals surface area contributed by atoms with Gasteiger partial charge in [0.05, 0.1) is 0 Å². The largest absolute Gasteiger partial charge is 0.340 e. The zero-order valence-electron chi connectivity index (χ0n) is 11.2. The van der Waals surface area contributed by atoms with Crippen LogP contribution in [-0.2, 0) is 9.59 Å². The zero-order chi connectivity index (χ0) is 13.2. The molecule has 1 saturated heterocycles. The van der Waals surface area contributed by atoms with Gasteiger partial charge < -0.3 is 10.2 Å². The van der Waals surface area contributed by atoms with Crippen LogP contribution in [0.4, 0.5) is 0 Å². The summed E-state index contributed by atoms with van der Waals surface area (Å²) in [5.41, 5.74) is -0.569. The van der Waals surface area contributed by atoms with Crippen LogP contribution in [0.3, 0.4) is 0 Å². The summed E-state index contributed by atoms with van der Waals surface area (Å²) in [6, 6.07) is -0.318. The lowest BCUT2D eigenvalue weighted by Gasteiger charge is -2.43. The van der Waals surface area contributed by atoms with Crippen molar-refractivity contribution in [3.05, 3.63) is 0 Å². The molecule has 1 atom stereocenters. The maximum Gasteiger partial charge on any atom is 0.249 e. The second-order valence-electron chi connectivity index (χ2n) is 5.15. The third-order valence-electron chi connectivity index (χ3n) is 4.02. The first-order valence-electron chi connectivity index (χ1n) is 6.81. The molecule has 0 aromatic heterocycles. The minimum atomic E-state index is -0.569. The van der Waals surface area contributed by atoms with Gasteiger partial charge in [0.25, 0.3) is 0 Å². The molecule has 1 heterocycles. The quantitative estimate of drug-likeness (QED) is 0.786. The van der Waals surface area contributed by atoms with Gasteiger partial charge in [-0.1, -0.05) is 19.8 Å². The Labute approximate surface area is 113 Å². The van der Waals surface area contributed by atoms with Gasteiger partial charge >= 0.3 is 0 Å². The van der Waals surface area contributed by atoms with Gasteiger partial charge in [-0.2, -0.15) is 11.8 Å². The number of carbonyl (C=O) groups excluding carboxylic acids is 2. The van der Waals surface area contributed by atoms with E-state index in [9.17, 15) is 9.59 Å². The number of amides is 2. The van der Waals surface area contributed by atoms with E-state index in [4.69, 9.17) is 0 Å². The first-order chi connectivity index (χ1) is 8.60. The topological polar surface area (TPSA) is 49.4 Å². The first-order valence-corrected chi connectivity index (χ1v) is 7.97. The number of piperazine rings is 1. The Morgan fingerprint density at radius 1 is 1.39 bits per heavy atom. The van der Waals surface area contributed by atoms with Crippen LogP contribution < -0.4 is 5.32 Å². The number of nitrogens with one attached hydrogen (secondary N) is 1. The number of carbonyl (C=O) groups is 2. The molecule has 1 saturated carbocycles. The number of rotatable bonds is 4. The predicted octanol–water partition coefficient (Wildman–Crippen LogP) is 1.40. The molecular weight excluding hydrogens is 248 g/mol. The van der Waals surface area contributed by atoms with E-state index in [0.717, 1.165) is 37.2 Å². The van der Waals surface area contributed by atoms with E-state index >= 15 is 0 Å². The highest BCUT2D eigenvalue weighted by atomic mass is 32.2.